The minimum absolute atomic E-state index is 0.162. The zero-order valence-electron chi connectivity index (χ0n) is 10.8. The van der Waals surface area contributed by atoms with Crippen molar-refractivity contribution in [3.05, 3.63) is 35.9 Å². The predicted molar refractivity (Wildman–Crippen MR) is 70.5 cm³/mol. The highest BCUT2D eigenvalue weighted by atomic mass is 16.5. The lowest BCUT2D eigenvalue weighted by Crippen LogP contribution is -2.11. The summed E-state index contributed by atoms with van der Waals surface area (Å²) in [4.78, 5) is 0. The molecule has 0 aliphatic carbocycles. The summed E-state index contributed by atoms with van der Waals surface area (Å²) in [6.07, 6.45) is 0. The Morgan fingerprint density at radius 2 is 1.82 bits per heavy atom. The second-order valence-corrected chi connectivity index (χ2v) is 3.90. The zero-order valence-corrected chi connectivity index (χ0v) is 10.8. The molecular weight excluding hydrogens is 214 g/mol. The largest absolute Gasteiger partial charge is 0.490 e. The Bertz CT molecular complexity index is 388. The number of hydrogen-bond acceptors (Lipinski definition) is 3. The maximum atomic E-state index is 6.03. The zero-order chi connectivity index (χ0) is 12.8. The smallest absolute Gasteiger partial charge is 0.161 e. The van der Waals surface area contributed by atoms with Gasteiger partial charge in [0.05, 0.1) is 19.3 Å². The molecule has 0 bridgehead atoms. The molecule has 0 amide bonds. The SMILES string of the molecule is C=C(C)C(N)c1ccc(OCC)c(OCC)c1. The number of ether oxygens (including phenoxy) is 2. The van der Waals surface area contributed by atoms with Gasteiger partial charge < -0.3 is 15.2 Å². The van der Waals surface area contributed by atoms with Crippen LogP contribution in [0.25, 0.3) is 0 Å². The van der Waals surface area contributed by atoms with Crippen LogP contribution >= 0.6 is 0 Å². The molecule has 2 N–H and O–H groups in total. The van der Waals surface area contributed by atoms with E-state index in [0.29, 0.717) is 13.2 Å². The van der Waals surface area contributed by atoms with Gasteiger partial charge in [-0.1, -0.05) is 18.2 Å². The van der Waals surface area contributed by atoms with Crippen molar-refractivity contribution in [2.24, 2.45) is 5.73 Å². The van der Waals surface area contributed by atoms with Gasteiger partial charge in [-0.15, -0.1) is 0 Å². The lowest BCUT2D eigenvalue weighted by atomic mass is 10.0. The average molecular weight is 235 g/mol. The van der Waals surface area contributed by atoms with Crippen LogP contribution in [-0.2, 0) is 0 Å². The van der Waals surface area contributed by atoms with Gasteiger partial charge in [0.1, 0.15) is 0 Å². The third-order valence-electron chi connectivity index (χ3n) is 2.46. The normalized spacial score (nSPS) is 12.0. The highest BCUT2D eigenvalue weighted by molar-refractivity contribution is 5.45. The van der Waals surface area contributed by atoms with Crippen molar-refractivity contribution < 1.29 is 9.47 Å². The monoisotopic (exact) mass is 235 g/mol. The number of benzene rings is 1. The second-order valence-electron chi connectivity index (χ2n) is 3.90. The number of nitrogens with two attached hydrogens (primary N) is 1. The highest BCUT2D eigenvalue weighted by Crippen LogP contribution is 2.31. The van der Waals surface area contributed by atoms with Crippen LogP contribution in [0.2, 0.25) is 0 Å². The molecule has 1 rings (SSSR count). The van der Waals surface area contributed by atoms with E-state index in [2.05, 4.69) is 6.58 Å². The van der Waals surface area contributed by atoms with Gasteiger partial charge in [0.2, 0.25) is 0 Å². The van der Waals surface area contributed by atoms with Crippen LogP contribution in [0.1, 0.15) is 32.4 Å². The Kier molecular flexibility index (Phi) is 5.04. The molecule has 0 heterocycles. The molecule has 3 nitrogen and oxygen atoms in total. The Hall–Kier alpha value is -1.48. The molecule has 0 spiro atoms. The first-order chi connectivity index (χ1) is 8.10. The lowest BCUT2D eigenvalue weighted by Gasteiger charge is -2.16. The topological polar surface area (TPSA) is 44.5 Å². The second kappa shape index (κ2) is 6.30. The number of rotatable bonds is 6. The summed E-state index contributed by atoms with van der Waals surface area (Å²) < 4.78 is 11.0. The molecule has 0 radical (unpaired) electrons. The maximum Gasteiger partial charge on any atom is 0.161 e. The minimum atomic E-state index is -0.162. The van der Waals surface area contributed by atoms with Crippen LogP contribution < -0.4 is 15.2 Å². The molecule has 0 aliphatic heterocycles. The molecule has 0 saturated carbocycles. The van der Waals surface area contributed by atoms with E-state index in [1.165, 1.54) is 0 Å². The van der Waals surface area contributed by atoms with Crippen LogP contribution in [0.5, 0.6) is 11.5 Å². The van der Waals surface area contributed by atoms with E-state index in [0.717, 1.165) is 22.6 Å². The van der Waals surface area contributed by atoms with Gasteiger partial charge >= 0.3 is 0 Å². The van der Waals surface area contributed by atoms with Crippen LogP contribution in [0.15, 0.2) is 30.4 Å². The van der Waals surface area contributed by atoms with Gasteiger partial charge in [-0.3, -0.25) is 0 Å². The van der Waals surface area contributed by atoms with E-state index in [4.69, 9.17) is 15.2 Å². The number of hydrogen-bond donors (Lipinski definition) is 1. The van der Waals surface area contributed by atoms with Gasteiger partial charge in [0, 0.05) is 0 Å². The average Bonchev–Trinajstić information content (AvgIpc) is 2.31. The van der Waals surface area contributed by atoms with Crippen molar-refractivity contribution in [3.63, 3.8) is 0 Å². The van der Waals surface area contributed by atoms with E-state index in [1.807, 2.05) is 39.0 Å². The van der Waals surface area contributed by atoms with E-state index < -0.39 is 0 Å². The van der Waals surface area contributed by atoms with Gasteiger partial charge in [0.15, 0.2) is 11.5 Å². The minimum Gasteiger partial charge on any atom is -0.490 e. The molecule has 1 unspecified atom stereocenters. The van der Waals surface area contributed by atoms with E-state index in [1.54, 1.807) is 0 Å². The lowest BCUT2D eigenvalue weighted by molar-refractivity contribution is 0.287. The van der Waals surface area contributed by atoms with Gasteiger partial charge in [-0.05, 0) is 38.5 Å². The van der Waals surface area contributed by atoms with E-state index >= 15 is 0 Å². The molecule has 94 valence electrons. The van der Waals surface area contributed by atoms with Crippen molar-refractivity contribution in [1.82, 2.24) is 0 Å². The molecule has 0 fully saturated rings. The molecule has 0 aromatic heterocycles. The quantitative estimate of drug-likeness (QED) is 0.771. The molecule has 1 atom stereocenters. The summed E-state index contributed by atoms with van der Waals surface area (Å²) in [5.74, 6) is 1.50. The fourth-order valence-electron chi connectivity index (χ4n) is 1.55. The summed E-state index contributed by atoms with van der Waals surface area (Å²) >= 11 is 0. The predicted octanol–water partition coefficient (Wildman–Crippen LogP) is 3.06. The van der Waals surface area contributed by atoms with Crippen LogP contribution in [-0.4, -0.2) is 13.2 Å². The van der Waals surface area contributed by atoms with Gasteiger partial charge in [0.25, 0.3) is 0 Å². The molecule has 0 aliphatic rings. The summed E-state index contributed by atoms with van der Waals surface area (Å²) in [5, 5.41) is 0. The van der Waals surface area contributed by atoms with Crippen molar-refractivity contribution >= 4 is 0 Å². The molecule has 17 heavy (non-hydrogen) atoms. The Labute approximate surface area is 103 Å². The summed E-state index contributed by atoms with van der Waals surface area (Å²) in [6, 6.07) is 5.61. The fourth-order valence-corrected chi connectivity index (χ4v) is 1.55. The summed E-state index contributed by atoms with van der Waals surface area (Å²) in [6.45, 7) is 10.9. The van der Waals surface area contributed by atoms with Crippen molar-refractivity contribution in [2.75, 3.05) is 13.2 Å². The third-order valence-corrected chi connectivity index (χ3v) is 2.46. The highest BCUT2D eigenvalue weighted by Gasteiger charge is 2.11. The van der Waals surface area contributed by atoms with Crippen molar-refractivity contribution in [2.45, 2.75) is 26.8 Å². The van der Waals surface area contributed by atoms with Crippen LogP contribution in [0.4, 0.5) is 0 Å². The molecule has 3 heteroatoms. The van der Waals surface area contributed by atoms with Crippen molar-refractivity contribution in [1.29, 1.82) is 0 Å². The van der Waals surface area contributed by atoms with Crippen molar-refractivity contribution in [3.8, 4) is 11.5 Å². The Morgan fingerprint density at radius 1 is 1.24 bits per heavy atom. The molecule has 0 saturated heterocycles. The van der Waals surface area contributed by atoms with E-state index in [9.17, 15) is 0 Å². The van der Waals surface area contributed by atoms with E-state index in [-0.39, 0.29) is 6.04 Å². The Morgan fingerprint density at radius 3 is 2.35 bits per heavy atom. The first-order valence-corrected chi connectivity index (χ1v) is 5.90. The summed E-state index contributed by atoms with van der Waals surface area (Å²) in [5.41, 5.74) is 7.95. The molecular formula is C14H21NO2. The fraction of sp³-hybridized carbons (Fsp3) is 0.429. The maximum absolute atomic E-state index is 6.03. The van der Waals surface area contributed by atoms with Crippen LogP contribution in [0.3, 0.4) is 0 Å². The third kappa shape index (κ3) is 3.49. The van der Waals surface area contributed by atoms with Gasteiger partial charge in [-0.2, -0.15) is 0 Å². The van der Waals surface area contributed by atoms with Gasteiger partial charge in [-0.25, -0.2) is 0 Å². The standard InChI is InChI=1S/C14H21NO2/c1-5-16-12-8-7-11(14(15)10(3)4)9-13(12)17-6-2/h7-9,14H,3,5-6,15H2,1-2,4H3. The summed E-state index contributed by atoms with van der Waals surface area (Å²) in [7, 11) is 0. The first-order valence-electron chi connectivity index (χ1n) is 5.90. The molecule has 1 aromatic rings. The Balaban J connectivity index is 3.04. The van der Waals surface area contributed by atoms with Crippen LogP contribution in [0, 0.1) is 0 Å². The first kappa shape index (κ1) is 13.6. The molecule has 1 aromatic carbocycles.